The quantitative estimate of drug-likeness (QED) is 0.164. The van der Waals surface area contributed by atoms with Gasteiger partial charge in [-0.05, 0) is 62.6 Å². The molecule has 2 fully saturated rings. The zero-order valence-corrected chi connectivity index (χ0v) is 30.2. The van der Waals surface area contributed by atoms with Gasteiger partial charge in [-0.1, -0.05) is 82.7 Å². The Hall–Kier alpha value is -2.49. The topological polar surface area (TPSA) is 139 Å². The SMILES string of the molecule is C#CC[C@H](NC(=O)[C@H](Cc1ccccc1)CS(=O)(=O)N(C)CCN1CCCCC1)C(=O)N[C@@H](CC1CCCCC1)[C@@H](O)[C@@H](O)CC(C)C. The second-order valence-corrected chi connectivity index (χ2v) is 16.5. The number of rotatable bonds is 19. The number of terminal acetylenes is 1. The van der Waals surface area contributed by atoms with E-state index >= 15 is 0 Å². The van der Waals surface area contributed by atoms with Gasteiger partial charge >= 0.3 is 0 Å². The number of aliphatic hydroxyl groups excluding tert-OH is 2. The van der Waals surface area contributed by atoms with Gasteiger partial charge in [0.05, 0.1) is 23.8 Å². The molecule has 0 aromatic heterocycles. The molecule has 1 aromatic carbocycles. The molecule has 1 saturated heterocycles. The number of benzene rings is 1. The van der Waals surface area contributed by atoms with Gasteiger partial charge in [-0.15, -0.1) is 12.3 Å². The number of hydrogen-bond donors (Lipinski definition) is 4. The van der Waals surface area contributed by atoms with E-state index in [1.54, 1.807) is 7.05 Å². The van der Waals surface area contributed by atoms with Crippen LogP contribution >= 0.6 is 0 Å². The lowest BCUT2D eigenvalue weighted by molar-refractivity contribution is -0.132. The minimum atomic E-state index is -3.82. The van der Waals surface area contributed by atoms with Gasteiger partial charge in [0.25, 0.3) is 0 Å². The van der Waals surface area contributed by atoms with Crippen LogP contribution < -0.4 is 10.6 Å². The minimum absolute atomic E-state index is 0.112. The smallest absolute Gasteiger partial charge is 0.243 e. The fraction of sp³-hybridized carbons (Fsp3) is 0.730. The number of nitrogens with zero attached hydrogens (tertiary/aromatic N) is 2. The number of nitrogens with one attached hydrogen (secondary N) is 2. The van der Waals surface area contributed by atoms with Crippen LogP contribution in [-0.4, -0.2) is 103 Å². The Morgan fingerprint density at radius 2 is 1.65 bits per heavy atom. The summed E-state index contributed by atoms with van der Waals surface area (Å²) in [6.07, 6.45) is 13.1. The summed E-state index contributed by atoms with van der Waals surface area (Å²) in [4.78, 5) is 29.9. The maximum absolute atomic E-state index is 13.9. The molecule has 4 N–H and O–H groups in total. The number of likely N-dealkylation sites (tertiary alicyclic amines) is 1. The Morgan fingerprint density at radius 1 is 1.00 bits per heavy atom. The van der Waals surface area contributed by atoms with Crippen molar-refractivity contribution in [2.75, 3.05) is 39.0 Å². The first-order valence-corrected chi connectivity index (χ1v) is 19.6. The first-order valence-electron chi connectivity index (χ1n) is 18.0. The molecule has 1 aliphatic heterocycles. The summed E-state index contributed by atoms with van der Waals surface area (Å²) in [6, 6.07) is 7.36. The van der Waals surface area contributed by atoms with Crippen LogP contribution in [0.25, 0.3) is 0 Å². The molecule has 10 nitrogen and oxygen atoms in total. The van der Waals surface area contributed by atoms with Crippen molar-refractivity contribution < 1.29 is 28.2 Å². The molecular weight excluding hydrogens is 628 g/mol. The van der Waals surface area contributed by atoms with E-state index in [-0.39, 0.29) is 18.8 Å². The van der Waals surface area contributed by atoms with Crippen molar-refractivity contribution in [2.24, 2.45) is 17.8 Å². The lowest BCUT2D eigenvalue weighted by Gasteiger charge is -2.33. The lowest BCUT2D eigenvalue weighted by Crippen LogP contribution is -2.56. The predicted octanol–water partition coefficient (Wildman–Crippen LogP) is 3.32. The first-order chi connectivity index (χ1) is 22.9. The molecule has 3 rings (SSSR count). The highest BCUT2D eigenvalue weighted by atomic mass is 32.2. The molecule has 11 heteroatoms. The van der Waals surface area contributed by atoms with E-state index < -0.39 is 57.8 Å². The number of carbonyl (C=O) groups excluding carboxylic acids is 2. The molecule has 0 unspecified atom stereocenters. The Balaban J connectivity index is 1.75. The van der Waals surface area contributed by atoms with Crippen molar-refractivity contribution in [3.8, 4) is 12.3 Å². The van der Waals surface area contributed by atoms with Gasteiger partial charge in [-0.25, -0.2) is 12.7 Å². The van der Waals surface area contributed by atoms with E-state index in [9.17, 15) is 28.2 Å². The van der Waals surface area contributed by atoms with E-state index in [2.05, 4.69) is 21.5 Å². The summed E-state index contributed by atoms with van der Waals surface area (Å²) in [5.74, 6) is 0.399. The molecule has 0 radical (unpaired) electrons. The average molecular weight is 689 g/mol. The largest absolute Gasteiger partial charge is 0.390 e. The number of amides is 2. The van der Waals surface area contributed by atoms with Crippen LogP contribution in [0, 0.1) is 30.1 Å². The molecule has 1 aliphatic carbocycles. The Labute approximate surface area is 289 Å². The Bertz CT molecular complexity index is 1260. The fourth-order valence-corrected chi connectivity index (χ4v) is 8.36. The minimum Gasteiger partial charge on any atom is -0.390 e. The molecule has 2 aliphatic rings. The van der Waals surface area contributed by atoms with Crippen molar-refractivity contribution in [2.45, 2.75) is 115 Å². The van der Waals surface area contributed by atoms with Crippen molar-refractivity contribution >= 4 is 21.8 Å². The Morgan fingerprint density at radius 3 is 2.27 bits per heavy atom. The molecule has 0 bridgehead atoms. The van der Waals surface area contributed by atoms with Crippen molar-refractivity contribution in [1.82, 2.24) is 19.8 Å². The fourth-order valence-electron chi connectivity index (χ4n) is 6.97. The summed E-state index contributed by atoms with van der Waals surface area (Å²) >= 11 is 0. The van der Waals surface area contributed by atoms with Crippen LogP contribution in [0.1, 0.15) is 90.0 Å². The van der Waals surface area contributed by atoms with Crippen LogP contribution in [0.15, 0.2) is 30.3 Å². The van der Waals surface area contributed by atoms with Crippen molar-refractivity contribution in [3.05, 3.63) is 35.9 Å². The molecule has 1 saturated carbocycles. The third-order valence-electron chi connectivity index (χ3n) is 9.88. The molecule has 270 valence electrons. The molecule has 5 atom stereocenters. The molecule has 0 spiro atoms. The van der Waals surface area contributed by atoms with Gasteiger partial charge in [-0.3, -0.25) is 9.59 Å². The number of hydrogen-bond acceptors (Lipinski definition) is 7. The van der Waals surface area contributed by atoms with Crippen LogP contribution in [0.3, 0.4) is 0 Å². The highest BCUT2D eigenvalue weighted by Crippen LogP contribution is 2.29. The number of sulfonamides is 1. The van der Waals surface area contributed by atoms with Crippen LogP contribution in [0.5, 0.6) is 0 Å². The molecule has 2 amide bonds. The molecular formula is C37H60N4O6S. The van der Waals surface area contributed by atoms with E-state index in [1.807, 2.05) is 44.2 Å². The summed E-state index contributed by atoms with van der Waals surface area (Å²) in [5, 5.41) is 27.7. The highest BCUT2D eigenvalue weighted by Gasteiger charge is 2.35. The van der Waals surface area contributed by atoms with Gasteiger partial charge in [-0.2, -0.15) is 0 Å². The third-order valence-corrected chi connectivity index (χ3v) is 11.8. The Kier molecular flexibility index (Phi) is 16.8. The summed E-state index contributed by atoms with van der Waals surface area (Å²) < 4.78 is 28.5. The summed E-state index contributed by atoms with van der Waals surface area (Å²) in [7, 11) is -2.26. The summed E-state index contributed by atoms with van der Waals surface area (Å²) in [5.41, 5.74) is 0.802. The van der Waals surface area contributed by atoms with Gasteiger partial charge in [0.1, 0.15) is 12.1 Å². The van der Waals surface area contributed by atoms with E-state index in [4.69, 9.17) is 6.42 Å². The van der Waals surface area contributed by atoms with E-state index in [0.29, 0.717) is 31.8 Å². The van der Waals surface area contributed by atoms with Gasteiger partial charge in [0.2, 0.25) is 21.8 Å². The van der Waals surface area contributed by atoms with E-state index in [0.717, 1.165) is 63.6 Å². The van der Waals surface area contributed by atoms with Crippen LogP contribution in [0.4, 0.5) is 0 Å². The van der Waals surface area contributed by atoms with Crippen molar-refractivity contribution in [1.29, 1.82) is 0 Å². The van der Waals surface area contributed by atoms with Gasteiger partial charge in [0, 0.05) is 26.6 Å². The van der Waals surface area contributed by atoms with E-state index in [1.165, 1.54) is 10.7 Å². The predicted molar refractivity (Wildman–Crippen MR) is 190 cm³/mol. The second-order valence-electron chi connectivity index (χ2n) is 14.4. The summed E-state index contributed by atoms with van der Waals surface area (Å²) in [6.45, 7) is 6.80. The monoisotopic (exact) mass is 688 g/mol. The van der Waals surface area contributed by atoms with Crippen molar-refractivity contribution in [3.63, 3.8) is 0 Å². The molecule has 1 aromatic rings. The lowest BCUT2D eigenvalue weighted by atomic mass is 9.82. The van der Waals surface area contributed by atoms with Crippen LogP contribution in [-0.2, 0) is 26.0 Å². The first kappa shape index (κ1) is 39.9. The standard InChI is InChI=1S/C37H60N4O6S/c1-5-15-32(37(45)39-33(26-30-18-11-7-12-19-30)35(43)34(42)24-28(2)3)38-36(44)31(25-29-16-9-6-10-17-29)27-48(46,47)40(4)22-23-41-20-13-8-14-21-41/h1,6,9-10,16-17,28,30-35,42-43H,7-8,11-15,18-27H2,2-4H3,(H,38,44)(H,39,45)/t31-,32+,33+,34+,35-/m1/s1. The zero-order valence-electron chi connectivity index (χ0n) is 29.4. The third kappa shape index (κ3) is 13.4. The zero-order chi connectivity index (χ0) is 35.1. The van der Waals surface area contributed by atoms with Crippen LogP contribution in [0.2, 0.25) is 0 Å². The maximum atomic E-state index is 13.9. The molecule has 1 heterocycles. The number of likely N-dealkylation sites (N-methyl/N-ethyl adjacent to an activating group) is 1. The maximum Gasteiger partial charge on any atom is 0.243 e. The number of aliphatic hydroxyl groups is 2. The number of piperidine rings is 1. The molecule has 48 heavy (non-hydrogen) atoms. The van der Waals surface area contributed by atoms with Gasteiger partial charge in [0.15, 0.2) is 0 Å². The normalized spacial score (nSPS) is 19.6. The highest BCUT2D eigenvalue weighted by molar-refractivity contribution is 7.89. The number of carbonyl (C=O) groups is 2. The second kappa shape index (κ2) is 20.2. The average Bonchev–Trinajstić information content (AvgIpc) is 3.07. The van der Waals surface area contributed by atoms with Gasteiger partial charge < -0.3 is 25.7 Å².